The SMILES string of the molecule is CCCCNc1ncc(-c2ccc(Cl)cc2CO)c(NC2CCC(NC(=O)OC(C)(C)C)CC2)n1. The number of amides is 1. The fraction of sp³-hybridized carbons (Fsp3) is 0.577. The van der Waals surface area contributed by atoms with Crippen LogP contribution >= 0.6 is 11.6 Å². The molecule has 192 valence electrons. The first-order chi connectivity index (χ1) is 16.7. The van der Waals surface area contributed by atoms with E-state index in [0.717, 1.165) is 67.6 Å². The molecule has 0 saturated heterocycles. The van der Waals surface area contributed by atoms with Gasteiger partial charge in [-0.15, -0.1) is 0 Å². The Kier molecular flexibility index (Phi) is 9.57. The van der Waals surface area contributed by atoms with Gasteiger partial charge in [-0.1, -0.05) is 31.0 Å². The van der Waals surface area contributed by atoms with E-state index in [0.29, 0.717) is 11.0 Å². The van der Waals surface area contributed by atoms with Crippen molar-refractivity contribution < 1.29 is 14.6 Å². The molecule has 0 spiro atoms. The maximum Gasteiger partial charge on any atom is 0.407 e. The smallest absolute Gasteiger partial charge is 0.407 e. The van der Waals surface area contributed by atoms with Crippen molar-refractivity contribution in [2.75, 3.05) is 17.2 Å². The van der Waals surface area contributed by atoms with E-state index in [1.54, 1.807) is 18.3 Å². The third-order valence-electron chi connectivity index (χ3n) is 5.92. The molecule has 4 N–H and O–H groups in total. The minimum absolute atomic E-state index is 0.0938. The Balaban J connectivity index is 1.74. The molecule has 0 radical (unpaired) electrons. The largest absolute Gasteiger partial charge is 0.444 e. The highest BCUT2D eigenvalue weighted by Crippen LogP contribution is 2.33. The van der Waals surface area contributed by atoms with E-state index in [1.165, 1.54) is 0 Å². The van der Waals surface area contributed by atoms with Gasteiger partial charge in [0, 0.05) is 35.4 Å². The number of aliphatic hydroxyl groups is 1. The molecule has 0 atom stereocenters. The Bertz CT molecular complexity index is 987. The number of nitrogens with one attached hydrogen (secondary N) is 3. The predicted octanol–water partition coefficient (Wildman–Crippen LogP) is 5.75. The number of nitrogens with zero attached hydrogens (tertiary/aromatic N) is 2. The highest BCUT2D eigenvalue weighted by molar-refractivity contribution is 6.30. The van der Waals surface area contributed by atoms with E-state index in [1.807, 2.05) is 26.8 Å². The highest BCUT2D eigenvalue weighted by atomic mass is 35.5. The fourth-order valence-electron chi connectivity index (χ4n) is 4.16. The van der Waals surface area contributed by atoms with Crippen molar-refractivity contribution in [1.82, 2.24) is 15.3 Å². The number of unbranched alkanes of at least 4 members (excludes halogenated alkanes) is 1. The average Bonchev–Trinajstić information content (AvgIpc) is 2.80. The maximum absolute atomic E-state index is 12.1. The van der Waals surface area contributed by atoms with Gasteiger partial charge in [0.25, 0.3) is 0 Å². The summed E-state index contributed by atoms with van der Waals surface area (Å²) >= 11 is 6.15. The van der Waals surface area contributed by atoms with Crippen molar-refractivity contribution in [2.24, 2.45) is 0 Å². The van der Waals surface area contributed by atoms with Crippen molar-refractivity contribution in [3.8, 4) is 11.1 Å². The Morgan fingerprint density at radius 2 is 1.89 bits per heavy atom. The van der Waals surface area contributed by atoms with Crippen LogP contribution in [0.1, 0.15) is 71.8 Å². The van der Waals surface area contributed by atoms with E-state index in [9.17, 15) is 9.90 Å². The monoisotopic (exact) mass is 503 g/mol. The topological polar surface area (TPSA) is 108 Å². The van der Waals surface area contributed by atoms with Crippen molar-refractivity contribution in [1.29, 1.82) is 0 Å². The molecule has 3 rings (SSSR count). The second-order valence-corrected chi connectivity index (χ2v) is 10.5. The van der Waals surface area contributed by atoms with Gasteiger partial charge in [-0.05, 0) is 76.1 Å². The Morgan fingerprint density at radius 3 is 2.54 bits per heavy atom. The van der Waals surface area contributed by atoms with Crippen LogP contribution in [-0.4, -0.2) is 45.4 Å². The predicted molar refractivity (Wildman–Crippen MR) is 141 cm³/mol. The number of rotatable bonds is 9. The van der Waals surface area contributed by atoms with Crippen LogP contribution in [0.5, 0.6) is 0 Å². The molecule has 0 aliphatic heterocycles. The molecule has 1 heterocycles. The summed E-state index contributed by atoms with van der Waals surface area (Å²) < 4.78 is 5.39. The second kappa shape index (κ2) is 12.4. The Labute approximate surface area is 213 Å². The molecule has 1 aliphatic rings. The summed E-state index contributed by atoms with van der Waals surface area (Å²) in [6.07, 6.45) is 7.02. The molecule has 1 amide bonds. The van der Waals surface area contributed by atoms with E-state index < -0.39 is 5.60 Å². The molecular weight excluding hydrogens is 466 g/mol. The second-order valence-electron chi connectivity index (χ2n) is 10.0. The molecule has 1 fully saturated rings. The number of ether oxygens (including phenoxy) is 1. The molecule has 1 saturated carbocycles. The first-order valence-electron chi connectivity index (χ1n) is 12.4. The summed E-state index contributed by atoms with van der Waals surface area (Å²) in [5.41, 5.74) is 1.88. The van der Waals surface area contributed by atoms with Crippen LogP contribution in [0.15, 0.2) is 24.4 Å². The zero-order valence-electron chi connectivity index (χ0n) is 21.2. The standard InChI is InChI=1S/C26H38ClN5O3/c1-5-6-13-28-24-29-15-22(21-12-7-18(27)14-17(21)16-33)23(32-24)30-19-8-10-20(11-9-19)31-25(34)35-26(2,3)4/h7,12,14-15,19-20,33H,5-6,8-11,13,16H2,1-4H3,(H,31,34)(H2,28,29,30,32). The van der Waals surface area contributed by atoms with Crippen molar-refractivity contribution in [2.45, 2.75) is 90.5 Å². The van der Waals surface area contributed by atoms with Gasteiger partial charge >= 0.3 is 6.09 Å². The zero-order valence-corrected chi connectivity index (χ0v) is 21.9. The zero-order chi connectivity index (χ0) is 25.4. The number of anilines is 2. The molecule has 1 aliphatic carbocycles. The van der Waals surface area contributed by atoms with Crippen molar-refractivity contribution in [3.63, 3.8) is 0 Å². The number of hydrogen-bond donors (Lipinski definition) is 4. The Morgan fingerprint density at radius 1 is 1.17 bits per heavy atom. The van der Waals surface area contributed by atoms with Gasteiger partial charge in [0.1, 0.15) is 11.4 Å². The third-order valence-corrected chi connectivity index (χ3v) is 6.15. The summed E-state index contributed by atoms with van der Waals surface area (Å²) in [6.45, 7) is 8.40. The van der Waals surface area contributed by atoms with Crippen LogP contribution < -0.4 is 16.0 Å². The summed E-state index contributed by atoms with van der Waals surface area (Å²) in [6, 6.07) is 5.76. The lowest BCUT2D eigenvalue weighted by molar-refractivity contribution is 0.0492. The summed E-state index contributed by atoms with van der Waals surface area (Å²) in [4.78, 5) is 21.4. The number of hydrogen-bond acceptors (Lipinski definition) is 7. The first-order valence-corrected chi connectivity index (χ1v) is 12.8. The molecule has 8 nitrogen and oxygen atoms in total. The van der Waals surface area contributed by atoms with Crippen LogP contribution in [0.25, 0.3) is 11.1 Å². The number of alkyl carbamates (subject to hydrolysis) is 1. The van der Waals surface area contributed by atoms with Crippen molar-refractivity contribution in [3.05, 3.63) is 35.0 Å². The fourth-order valence-corrected chi connectivity index (χ4v) is 4.35. The molecular formula is C26H38ClN5O3. The van der Waals surface area contributed by atoms with Crippen LogP contribution in [0, 0.1) is 0 Å². The minimum atomic E-state index is -0.510. The number of aliphatic hydroxyl groups excluding tert-OH is 1. The van der Waals surface area contributed by atoms with E-state index in [4.69, 9.17) is 21.3 Å². The van der Waals surface area contributed by atoms with Gasteiger partial charge in [-0.2, -0.15) is 4.98 Å². The molecule has 35 heavy (non-hydrogen) atoms. The lowest BCUT2D eigenvalue weighted by atomic mass is 9.91. The average molecular weight is 504 g/mol. The van der Waals surface area contributed by atoms with Gasteiger partial charge in [0.2, 0.25) is 5.95 Å². The van der Waals surface area contributed by atoms with E-state index in [2.05, 4.69) is 27.9 Å². The van der Waals surface area contributed by atoms with Gasteiger partial charge in [0.15, 0.2) is 0 Å². The molecule has 0 bridgehead atoms. The van der Waals surface area contributed by atoms with Crippen LogP contribution in [0.4, 0.5) is 16.6 Å². The number of benzene rings is 1. The first kappa shape index (κ1) is 27.0. The Hall–Kier alpha value is -2.58. The lowest BCUT2D eigenvalue weighted by Gasteiger charge is -2.31. The van der Waals surface area contributed by atoms with Gasteiger partial charge < -0.3 is 25.8 Å². The molecule has 1 aromatic carbocycles. The van der Waals surface area contributed by atoms with E-state index >= 15 is 0 Å². The minimum Gasteiger partial charge on any atom is -0.444 e. The number of aromatic nitrogens is 2. The quantitative estimate of drug-likeness (QED) is 0.322. The van der Waals surface area contributed by atoms with Crippen molar-refractivity contribution >= 4 is 29.5 Å². The summed E-state index contributed by atoms with van der Waals surface area (Å²) in [5, 5.41) is 20.4. The molecule has 0 unspecified atom stereocenters. The lowest BCUT2D eigenvalue weighted by Crippen LogP contribution is -2.42. The van der Waals surface area contributed by atoms with Crippen LogP contribution in [0.3, 0.4) is 0 Å². The van der Waals surface area contributed by atoms with Crippen LogP contribution in [0.2, 0.25) is 5.02 Å². The normalized spacial score (nSPS) is 18.1. The molecule has 1 aromatic heterocycles. The number of halogens is 1. The summed E-state index contributed by atoms with van der Waals surface area (Å²) in [7, 11) is 0. The molecule has 9 heteroatoms. The van der Waals surface area contributed by atoms with Gasteiger partial charge in [-0.3, -0.25) is 0 Å². The van der Waals surface area contributed by atoms with E-state index in [-0.39, 0.29) is 24.8 Å². The number of carbonyl (C=O) groups excluding carboxylic acids is 1. The third kappa shape index (κ3) is 8.25. The molecule has 2 aromatic rings. The highest BCUT2D eigenvalue weighted by Gasteiger charge is 2.26. The maximum atomic E-state index is 12.1. The number of carbonyl (C=O) groups is 1. The summed E-state index contributed by atoms with van der Waals surface area (Å²) in [5.74, 6) is 1.30. The van der Waals surface area contributed by atoms with Gasteiger partial charge in [0.05, 0.1) is 6.61 Å². The van der Waals surface area contributed by atoms with Gasteiger partial charge in [-0.25, -0.2) is 9.78 Å². The van der Waals surface area contributed by atoms with Crippen LogP contribution in [-0.2, 0) is 11.3 Å².